The predicted molar refractivity (Wildman–Crippen MR) is 71.5 cm³/mol. The van der Waals surface area contributed by atoms with Crippen molar-refractivity contribution in [2.45, 2.75) is 64.8 Å². The van der Waals surface area contributed by atoms with Crippen LogP contribution >= 0.6 is 0 Å². The Bertz CT molecular complexity index is 360. The van der Waals surface area contributed by atoms with Gasteiger partial charge in [-0.05, 0) is 18.9 Å². The van der Waals surface area contributed by atoms with Crippen LogP contribution in [0, 0.1) is 5.92 Å². The van der Waals surface area contributed by atoms with Crippen LogP contribution in [0.3, 0.4) is 0 Å². The van der Waals surface area contributed by atoms with Crippen molar-refractivity contribution in [3.63, 3.8) is 0 Å². The Morgan fingerprint density at radius 1 is 1.39 bits per heavy atom. The minimum atomic E-state index is 0.289. The minimum Gasteiger partial charge on any atom is -0.339 e. The van der Waals surface area contributed by atoms with Gasteiger partial charge in [0.15, 0.2) is 5.82 Å². The van der Waals surface area contributed by atoms with Crippen LogP contribution in [0.5, 0.6) is 0 Å². The topological polar surface area (TPSA) is 51.0 Å². The van der Waals surface area contributed by atoms with Gasteiger partial charge in [0.25, 0.3) is 0 Å². The quantitative estimate of drug-likeness (QED) is 0.809. The van der Waals surface area contributed by atoms with Gasteiger partial charge in [-0.2, -0.15) is 4.98 Å². The maximum atomic E-state index is 5.42. The van der Waals surface area contributed by atoms with Crippen molar-refractivity contribution in [3.05, 3.63) is 11.7 Å². The third-order valence-electron chi connectivity index (χ3n) is 4.08. The van der Waals surface area contributed by atoms with Crippen molar-refractivity contribution in [1.82, 2.24) is 15.5 Å². The fourth-order valence-electron chi connectivity index (χ4n) is 2.60. The van der Waals surface area contributed by atoms with Crippen LogP contribution in [0.2, 0.25) is 0 Å². The molecule has 2 rings (SSSR count). The van der Waals surface area contributed by atoms with Crippen LogP contribution in [0.25, 0.3) is 0 Å². The molecule has 1 aromatic heterocycles. The molecular weight excluding hydrogens is 226 g/mol. The summed E-state index contributed by atoms with van der Waals surface area (Å²) in [5.74, 6) is 2.77. The molecule has 1 aliphatic carbocycles. The lowest BCUT2D eigenvalue weighted by Crippen LogP contribution is -2.33. The van der Waals surface area contributed by atoms with E-state index < -0.39 is 0 Å². The summed E-state index contributed by atoms with van der Waals surface area (Å²) in [5, 5.41) is 7.60. The van der Waals surface area contributed by atoms with Gasteiger partial charge in [0.2, 0.25) is 5.89 Å². The third-order valence-corrected chi connectivity index (χ3v) is 4.08. The largest absolute Gasteiger partial charge is 0.339 e. The summed E-state index contributed by atoms with van der Waals surface area (Å²) in [6.07, 6.45) is 6.09. The number of nitrogens with one attached hydrogen (secondary N) is 1. The Hall–Kier alpha value is -0.900. The number of hydrogen-bond acceptors (Lipinski definition) is 4. The summed E-state index contributed by atoms with van der Waals surface area (Å²) in [6.45, 7) is 7.46. The molecule has 102 valence electrons. The fraction of sp³-hybridized carbons (Fsp3) is 0.857. The molecule has 0 spiro atoms. The normalized spacial score (nSPS) is 19.5. The van der Waals surface area contributed by atoms with Crippen LogP contribution < -0.4 is 5.32 Å². The molecule has 1 heterocycles. The molecule has 0 bridgehead atoms. The minimum absolute atomic E-state index is 0.289. The van der Waals surface area contributed by atoms with E-state index in [1.165, 1.54) is 19.3 Å². The summed E-state index contributed by atoms with van der Waals surface area (Å²) < 4.78 is 5.42. The molecule has 1 N–H and O–H groups in total. The lowest BCUT2D eigenvalue weighted by Gasteiger charge is -2.23. The van der Waals surface area contributed by atoms with Gasteiger partial charge in [-0.1, -0.05) is 45.2 Å². The molecule has 2 unspecified atom stereocenters. The maximum Gasteiger partial charge on any atom is 0.231 e. The number of rotatable bonds is 7. The Kier molecular flexibility index (Phi) is 4.75. The zero-order chi connectivity index (χ0) is 13.0. The molecule has 0 aromatic carbocycles. The van der Waals surface area contributed by atoms with Gasteiger partial charge in [-0.15, -0.1) is 0 Å². The zero-order valence-corrected chi connectivity index (χ0v) is 11.8. The number of hydrogen-bond donors (Lipinski definition) is 1. The monoisotopic (exact) mass is 251 g/mol. The molecule has 18 heavy (non-hydrogen) atoms. The molecule has 4 nitrogen and oxygen atoms in total. The highest BCUT2D eigenvalue weighted by Crippen LogP contribution is 2.29. The van der Waals surface area contributed by atoms with Crippen molar-refractivity contribution in [3.8, 4) is 0 Å². The van der Waals surface area contributed by atoms with Gasteiger partial charge < -0.3 is 9.84 Å². The number of nitrogens with zero attached hydrogens (tertiary/aromatic N) is 2. The summed E-state index contributed by atoms with van der Waals surface area (Å²) in [4.78, 5) is 4.57. The van der Waals surface area contributed by atoms with E-state index >= 15 is 0 Å². The van der Waals surface area contributed by atoms with Crippen molar-refractivity contribution < 1.29 is 4.52 Å². The standard InChI is InChI=1S/C14H25N3O/c1-4-12(15-5-2)10(3)14-16-13(17-18-14)9-11-7-6-8-11/h10-12,15H,4-9H2,1-3H3. The van der Waals surface area contributed by atoms with Crippen molar-refractivity contribution in [1.29, 1.82) is 0 Å². The lowest BCUT2D eigenvalue weighted by atomic mass is 9.83. The molecule has 0 aliphatic heterocycles. The first-order valence-corrected chi connectivity index (χ1v) is 7.30. The second kappa shape index (κ2) is 6.32. The van der Waals surface area contributed by atoms with Crippen molar-refractivity contribution in [2.24, 2.45) is 5.92 Å². The van der Waals surface area contributed by atoms with Gasteiger partial charge in [0, 0.05) is 12.5 Å². The summed E-state index contributed by atoms with van der Waals surface area (Å²) in [6, 6.07) is 0.423. The van der Waals surface area contributed by atoms with Gasteiger partial charge in [-0.25, -0.2) is 0 Å². The van der Waals surface area contributed by atoms with E-state index in [0.717, 1.165) is 37.0 Å². The van der Waals surface area contributed by atoms with E-state index in [1.807, 2.05) is 0 Å². The molecule has 1 saturated carbocycles. The Morgan fingerprint density at radius 3 is 2.72 bits per heavy atom. The van der Waals surface area contributed by atoms with Crippen LogP contribution in [-0.4, -0.2) is 22.7 Å². The molecule has 1 fully saturated rings. The Morgan fingerprint density at radius 2 is 2.17 bits per heavy atom. The molecule has 1 aliphatic rings. The van der Waals surface area contributed by atoms with Crippen LogP contribution in [0.4, 0.5) is 0 Å². The molecular formula is C14H25N3O. The third kappa shape index (κ3) is 3.10. The maximum absolute atomic E-state index is 5.42. The molecule has 1 aromatic rings. The highest BCUT2D eigenvalue weighted by atomic mass is 16.5. The average molecular weight is 251 g/mol. The summed E-state index contributed by atoms with van der Waals surface area (Å²) >= 11 is 0. The Balaban J connectivity index is 1.94. The van der Waals surface area contributed by atoms with E-state index in [4.69, 9.17) is 4.52 Å². The first kappa shape index (κ1) is 13.5. The summed E-state index contributed by atoms with van der Waals surface area (Å²) in [7, 11) is 0. The van der Waals surface area contributed by atoms with Crippen LogP contribution in [0.1, 0.15) is 64.1 Å². The van der Waals surface area contributed by atoms with Gasteiger partial charge >= 0.3 is 0 Å². The highest BCUT2D eigenvalue weighted by Gasteiger charge is 2.24. The Labute approximate surface area is 110 Å². The lowest BCUT2D eigenvalue weighted by molar-refractivity contribution is 0.297. The fourth-order valence-corrected chi connectivity index (χ4v) is 2.60. The molecule has 0 radical (unpaired) electrons. The second-order valence-corrected chi connectivity index (χ2v) is 5.41. The smallest absolute Gasteiger partial charge is 0.231 e. The van der Waals surface area contributed by atoms with Crippen LogP contribution in [-0.2, 0) is 6.42 Å². The van der Waals surface area contributed by atoms with Gasteiger partial charge in [-0.3, -0.25) is 0 Å². The van der Waals surface area contributed by atoms with E-state index in [0.29, 0.717) is 6.04 Å². The van der Waals surface area contributed by atoms with E-state index in [9.17, 15) is 0 Å². The SMILES string of the molecule is CCNC(CC)C(C)c1nc(CC2CCC2)no1. The van der Waals surface area contributed by atoms with Gasteiger partial charge in [0.1, 0.15) is 0 Å². The summed E-state index contributed by atoms with van der Waals surface area (Å²) in [5.41, 5.74) is 0. The van der Waals surface area contributed by atoms with Crippen molar-refractivity contribution in [2.75, 3.05) is 6.54 Å². The van der Waals surface area contributed by atoms with Gasteiger partial charge in [0.05, 0.1) is 5.92 Å². The van der Waals surface area contributed by atoms with Crippen LogP contribution in [0.15, 0.2) is 4.52 Å². The number of aromatic nitrogens is 2. The second-order valence-electron chi connectivity index (χ2n) is 5.41. The molecule has 2 atom stereocenters. The number of likely N-dealkylation sites (N-methyl/N-ethyl adjacent to an activating group) is 1. The predicted octanol–water partition coefficient (Wildman–Crippen LogP) is 2.90. The zero-order valence-electron chi connectivity index (χ0n) is 11.8. The van der Waals surface area contributed by atoms with E-state index in [1.54, 1.807) is 0 Å². The molecule has 0 amide bonds. The molecule has 4 heteroatoms. The van der Waals surface area contributed by atoms with Crippen molar-refractivity contribution >= 4 is 0 Å². The van der Waals surface area contributed by atoms with E-state index in [-0.39, 0.29) is 5.92 Å². The molecule has 0 saturated heterocycles. The first-order chi connectivity index (χ1) is 8.74. The average Bonchev–Trinajstić information content (AvgIpc) is 2.78. The first-order valence-electron chi connectivity index (χ1n) is 7.30. The van der Waals surface area contributed by atoms with E-state index in [2.05, 4.69) is 36.2 Å². The highest BCUT2D eigenvalue weighted by molar-refractivity contribution is 4.98.